The summed E-state index contributed by atoms with van der Waals surface area (Å²) in [6.45, 7) is 3.93. The molecule has 0 spiro atoms. The molecule has 62 valence electrons. The summed E-state index contributed by atoms with van der Waals surface area (Å²) in [5.74, 6) is 0. The van der Waals surface area contributed by atoms with Crippen LogP contribution in [0.4, 0.5) is 0 Å². The van der Waals surface area contributed by atoms with Gasteiger partial charge in [-0.25, -0.2) is 0 Å². The van der Waals surface area contributed by atoms with Gasteiger partial charge in [-0.05, 0) is 25.0 Å². The molecule has 0 unspecified atom stereocenters. The fourth-order valence-electron chi connectivity index (χ4n) is 1.55. The molecule has 0 aromatic carbocycles. The van der Waals surface area contributed by atoms with Crippen LogP contribution in [0, 0.1) is 0 Å². The minimum Gasteiger partial charge on any atom is -0.391 e. The van der Waals surface area contributed by atoms with Crippen molar-refractivity contribution in [3.8, 4) is 0 Å². The van der Waals surface area contributed by atoms with Crippen LogP contribution in [0.2, 0.25) is 0 Å². The summed E-state index contributed by atoms with van der Waals surface area (Å²) in [5.41, 5.74) is 8.02. The zero-order valence-corrected chi connectivity index (χ0v) is 7.04. The molecule has 0 heterocycles. The molecule has 2 nitrogen and oxygen atoms in total. The highest BCUT2D eigenvalue weighted by molar-refractivity contribution is 5.41. The van der Waals surface area contributed by atoms with E-state index in [-0.39, 0.29) is 12.1 Å². The molecule has 0 saturated heterocycles. The SMILES string of the molecule is C/C=C1/C[C@@H](O)[C@@H](N)/C1=C/C. The number of aliphatic hydroxyl groups is 1. The van der Waals surface area contributed by atoms with Crippen molar-refractivity contribution in [2.75, 3.05) is 0 Å². The molecule has 0 aliphatic heterocycles. The van der Waals surface area contributed by atoms with E-state index in [9.17, 15) is 5.11 Å². The largest absolute Gasteiger partial charge is 0.391 e. The standard InChI is InChI=1S/C9H15NO/c1-3-6-5-8(11)9(10)7(6)4-2/h3-4,8-9,11H,5,10H2,1-2H3/b6-3-,7-4+/t8-,9+/m1/s1. The Balaban J connectivity index is 2.91. The van der Waals surface area contributed by atoms with Gasteiger partial charge in [-0.3, -0.25) is 0 Å². The lowest BCUT2D eigenvalue weighted by atomic mass is 10.1. The Morgan fingerprint density at radius 3 is 2.45 bits per heavy atom. The average molecular weight is 153 g/mol. The molecule has 2 heteroatoms. The average Bonchev–Trinajstić information content (AvgIpc) is 2.28. The number of hydrogen-bond donors (Lipinski definition) is 2. The van der Waals surface area contributed by atoms with E-state index in [1.54, 1.807) is 0 Å². The number of hydrogen-bond acceptors (Lipinski definition) is 2. The zero-order valence-electron chi connectivity index (χ0n) is 7.04. The van der Waals surface area contributed by atoms with Gasteiger partial charge in [0.15, 0.2) is 0 Å². The van der Waals surface area contributed by atoms with Gasteiger partial charge < -0.3 is 10.8 Å². The first-order valence-electron chi connectivity index (χ1n) is 3.96. The molecule has 2 atom stereocenters. The third kappa shape index (κ3) is 1.37. The molecule has 0 bridgehead atoms. The smallest absolute Gasteiger partial charge is 0.0772 e. The quantitative estimate of drug-likeness (QED) is 0.544. The Labute approximate surface area is 67.4 Å². The van der Waals surface area contributed by atoms with Gasteiger partial charge in [0.1, 0.15) is 0 Å². The molecule has 11 heavy (non-hydrogen) atoms. The van der Waals surface area contributed by atoms with Gasteiger partial charge in [0, 0.05) is 6.42 Å². The van der Waals surface area contributed by atoms with Crippen molar-refractivity contribution < 1.29 is 5.11 Å². The maximum atomic E-state index is 9.39. The fraction of sp³-hybridized carbons (Fsp3) is 0.556. The predicted octanol–water partition coefficient (Wildman–Crippen LogP) is 0.971. The summed E-state index contributed by atoms with van der Waals surface area (Å²) in [6, 6.07) is -0.175. The van der Waals surface area contributed by atoms with Crippen molar-refractivity contribution in [3.05, 3.63) is 23.3 Å². The van der Waals surface area contributed by atoms with Crippen molar-refractivity contribution in [2.45, 2.75) is 32.4 Å². The van der Waals surface area contributed by atoms with E-state index in [2.05, 4.69) is 0 Å². The van der Waals surface area contributed by atoms with Crippen LogP contribution in [0.3, 0.4) is 0 Å². The molecule has 1 rings (SSSR count). The summed E-state index contributed by atoms with van der Waals surface area (Å²) in [7, 11) is 0. The topological polar surface area (TPSA) is 46.2 Å². The Hall–Kier alpha value is -0.600. The van der Waals surface area contributed by atoms with Crippen LogP contribution in [0.25, 0.3) is 0 Å². The Kier molecular flexibility index (Phi) is 2.47. The highest BCUT2D eigenvalue weighted by Gasteiger charge is 2.29. The molecule has 1 aliphatic rings. The van der Waals surface area contributed by atoms with Gasteiger partial charge in [-0.15, -0.1) is 0 Å². The lowest BCUT2D eigenvalue weighted by molar-refractivity contribution is 0.173. The van der Waals surface area contributed by atoms with Gasteiger partial charge in [0.2, 0.25) is 0 Å². The summed E-state index contributed by atoms with van der Waals surface area (Å²) < 4.78 is 0. The van der Waals surface area contributed by atoms with E-state index in [0.717, 1.165) is 5.57 Å². The summed E-state index contributed by atoms with van der Waals surface area (Å²) >= 11 is 0. The van der Waals surface area contributed by atoms with Crippen molar-refractivity contribution in [1.29, 1.82) is 0 Å². The molecule has 0 amide bonds. The lowest BCUT2D eigenvalue weighted by Crippen LogP contribution is -2.30. The van der Waals surface area contributed by atoms with E-state index in [4.69, 9.17) is 5.73 Å². The monoisotopic (exact) mass is 153 g/mol. The third-order valence-corrected chi connectivity index (χ3v) is 2.23. The molecule has 0 aromatic heterocycles. The molecule has 0 aromatic rings. The van der Waals surface area contributed by atoms with E-state index in [1.165, 1.54) is 5.57 Å². The summed E-state index contributed by atoms with van der Waals surface area (Å²) in [6.07, 6.45) is 4.33. The number of allylic oxidation sites excluding steroid dienone is 2. The van der Waals surface area contributed by atoms with Crippen molar-refractivity contribution in [1.82, 2.24) is 0 Å². The van der Waals surface area contributed by atoms with Gasteiger partial charge in [-0.2, -0.15) is 0 Å². The number of rotatable bonds is 0. The molecule has 0 radical (unpaired) electrons. The van der Waals surface area contributed by atoms with E-state index < -0.39 is 0 Å². The minimum atomic E-state index is -0.382. The molecule has 1 fully saturated rings. The lowest BCUT2D eigenvalue weighted by Gasteiger charge is -2.07. The Morgan fingerprint density at radius 2 is 2.09 bits per heavy atom. The highest BCUT2D eigenvalue weighted by atomic mass is 16.3. The van der Waals surface area contributed by atoms with Crippen LogP contribution >= 0.6 is 0 Å². The molecule has 1 saturated carbocycles. The van der Waals surface area contributed by atoms with Crippen molar-refractivity contribution >= 4 is 0 Å². The van der Waals surface area contributed by atoms with Crippen LogP contribution in [0.15, 0.2) is 23.3 Å². The Bertz CT molecular complexity index is 206. The normalized spacial score (nSPS) is 38.9. The highest BCUT2D eigenvalue weighted by Crippen LogP contribution is 2.29. The second-order valence-electron chi connectivity index (χ2n) is 2.86. The molecule has 3 N–H and O–H groups in total. The number of aliphatic hydroxyl groups excluding tert-OH is 1. The minimum absolute atomic E-state index is 0.175. The van der Waals surface area contributed by atoms with E-state index >= 15 is 0 Å². The van der Waals surface area contributed by atoms with Crippen LogP contribution < -0.4 is 5.73 Å². The van der Waals surface area contributed by atoms with Crippen LogP contribution in [0.5, 0.6) is 0 Å². The fourth-order valence-corrected chi connectivity index (χ4v) is 1.55. The molecular weight excluding hydrogens is 138 g/mol. The second-order valence-corrected chi connectivity index (χ2v) is 2.86. The molecular formula is C9H15NO. The first-order chi connectivity index (χ1) is 5.20. The third-order valence-electron chi connectivity index (χ3n) is 2.23. The molecule has 1 aliphatic carbocycles. The first kappa shape index (κ1) is 8.50. The van der Waals surface area contributed by atoms with Crippen LogP contribution in [0.1, 0.15) is 20.3 Å². The van der Waals surface area contributed by atoms with Crippen molar-refractivity contribution in [3.63, 3.8) is 0 Å². The first-order valence-corrected chi connectivity index (χ1v) is 3.96. The second kappa shape index (κ2) is 3.20. The van der Waals surface area contributed by atoms with Gasteiger partial charge in [0.05, 0.1) is 12.1 Å². The van der Waals surface area contributed by atoms with Crippen LogP contribution in [-0.2, 0) is 0 Å². The maximum absolute atomic E-state index is 9.39. The van der Waals surface area contributed by atoms with Crippen LogP contribution in [-0.4, -0.2) is 17.3 Å². The predicted molar refractivity (Wildman–Crippen MR) is 46.1 cm³/mol. The van der Waals surface area contributed by atoms with Crippen molar-refractivity contribution in [2.24, 2.45) is 5.73 Å². The summed E-state index contributed by atoms with van der Waals surface area (Å²) in [5, 5.41) is 9.39. The Morgan fingerprint density at radius 1 is 1.45 bits per heavy atom. The summed E-state index contributed by atoms with van der Waals surface area (Å²) in [4.78, 5) is 0. The number of nitrogens with two attached hydrogens (primary N) is 1. The van der Waals surface area contributed by atoms with E-state index in [1.807, 2.05) is 26.0 Å². The van der Waals surface area contributed by atoms with Gasteiger partial charge in [0.25, 0.3) is 0 Å². The van der Waals surface area contributed by atoms with E-state index in [0.29, 0.717) is 6.42 Å². The maximum Gasteiger partial charge on any atom is 0.0772 e. The van der Waals surface area contributed by atoms with Gasteiger partial charge in [-0.1, -0.05) is 12.2 Å². The zero-order chi connectivity index (χ0) is 8.43. The van der Waals surface area contributed by atoms with Gasteiger partial charge >= 0.3 is 0 Å².